The van der Waals surface area contributed by atoms with E-state index in [4.69, 9.17) is 11.6 Å². The number of halogens is 1. The van der Waals surface area contributed by atoms with Crippen LogP contribution in [-0.4, -0.2) is 48.1 Å². The fraction of sp³-hybridized carbons (Fsp3) is 0.600. The van der Waals surface area contributed by atoms with Crippen LogP contribution in [0.2, 0.25) is 5.02 Å². The van der Waals surface area contributed by atoms with Crippen molar-refractivity contribution in [1.82, 2.24) is 14.9 Å². The molecule has 4 nitrogen and oxygen atoms in total. The van der Waals surface area contributed by atoms with Crippen LogP contribution in [0.4, 0.5) is 5.82 Å². The molecule has 0 aliphatic carbocycles. The number of rotatable bonds is 2. The third kappa shape index (κ3) is 2.21. The maximum Gasteiger partial charge on any atom is 0.150 e. The zero-order valence-electron chi connectivity index (χ0n) is 9.02. The third-order valence-corrected chi connectivity index (χ3v) is 3.11. The second kappa shape index (κ2) is 4.33. The summed E-state index contributed by atoms with van der Waals surface area (Å²) in [5, 5.41) is 0.636. The van der Waals surface area contributed by atoms with Gasteiger partial charge in [0.25, 0.3) is 0 Å². The first kappa shape index (κ1) is 10.6. The lowest BCUT2D eigenvalue weighted by Crippen LogP contribution is -2.31. The molecule has 1 aromatic rings. The number of aromatic nitrogens is 2. The normalized spacial score (nSPS) is 21.3. The van der Waals surface area contributed by atoms with Gasteiger partial charge >= 0.3 is 0 Å². The Kier molecular flexibility index (Phi) is 3.07. The average molecular weight is 227 g/mol. The Hall–Kier alpha value is -0.870. The van der Waals surface area contributed by atoms with E-state index >= 15 is 0 Å². The molecule has 5 heteroatoms. The van der Waals surface area contributed by atoms with Gasteiger partial charge in [-0.2, -0.15) is 0 Å². The molecule has 0 N–H and O–H groups in total. The minimum absolute atomic E-state index is 0.594. The van der Waals surface area contributed by atoms with Crippen LogP contribution in [0.3, 0.4) is 0 Å². The van der Waals surface area contributed by atoms with Gasteiger partial charge in [-0.15, -0.1) is 0 Å². The molecule has 1 saturated heterocycles. The Morgan fingerprint density at radius 3 is 2.93 bits per heavy atom. The molecular formula is C10H15ClN4. The van der Waals surface area contributed by atoms with Gasteiger partial charge in [-0.25, -0.2) is 9.97 Å². The van der Waals surface area contributed by atoms with Gasteiger partial charge in [0, 0.05) is 19.1 Å². The van der Waals surface area contributed by atoms with Crippen molar-refractivity contribution < 1.29 is 0 Å². The van der Waals surface area contributed by atoms with Crippen molar-refractivity contribution in [2.24, 2.45) is 0 Å². The van der Waals surface area contributed by atoms with Gasteiger partial charge in [-0.05, 0) is 20.5 Å². The average Bonchev–Trinajstić information content (AvgIpc) is 2.67. The molecule has 1 aromatic heterocycles. The molecule has 0 bridgehead atoms. The fourth-order valence-electron chi connectivity index (χ4n) is 1.89. The molecule has 15 heavy (non-hydrogen) atoms. The second-order valence-electron chi connectivity index (χ2n) is 4.05. The summed E-state index contributed by atoms with van der Waals surface area (Å²) in [7, 11) is 4.21. The van der Waals surface area contributed by atoms with E-state index in [2.05, 4.69) is 33.9 Å². The van der Waals surface area contributed by atoms with E-state index in [9.17, 15) is 0 Å². The molecule has 82 valence electrons. The van der Waals surface area contributed by atoms with Crippen LogP contribution < -0.4 is 4.90 Å². The predicted octanol–water partition coefficient (Wildman–Crippen LogP) is 1.27. The minimum atomic E-state index is 0.594. The Morgan fingerprint density at radius 2 is 2.33 bits per heavy atom. The predicted molar refractivity (Wildman–Crippen MR) is 61.3 cm³/mol. The van der Waals surface area contributed by atoms with Crippen molar-refractivity contribution in [2.45, 2.75) is 12.5 Å². The lowest BCUT2D eigenvalue weighted by Gasteiger charge is -2.21. The number of likely N-dealkylation sites (N-methyl/N-ethyl adjacent to an activating group) is 1. The number of anilines is 1. The lowest BCUT2D eigenvalue weighted by molar-refractivity contribution is 0.315. The van der Waals surface area contributed by atoms with Crippen LogP contribution in [-0.2, 0) is 0 Å². The van der Waals surface area contributed by atoms with Gasteiger partial charge in [0.2, 0.25) is 0 Å². The summed E-state index contributed by atoms with van der Waals surface area (Å²) in [6.07, 6.45) is 4.35. The fourth-order valence-corrected chi connectivity index (χ4v) is 2.12. The molecule has 1 aliphatic rings. The smallest absolute Gasteiger partial charge is 0.150 e. The Balaban J connectivity index is 2.11. The highest BCUT2D eigenvalue weighted by Crippen LogP contribution is 2.25. The van der Waals surface area contributed by atoms with Crippen LogP contribution >= 0.6 is 11.6 Å². The first-order valence-electron chi connectivity index (χ1n) is 5.05. The molecule has 0 spiro atoms. The van der Waals surface area contributed by atoms with Gasteiger partial charge < -0.3 is 9.80 Å². The van der Waals surface area contributed by atoms with Crippen molar-refractivity contribution >= 4 is 17.4 Å². The SMILES string of the molecule is CN(C)C1CCN(c2ncncc2Cl)C1. The second-order valence-corrected chi connectivity index (χ2v) is 4.45. The topological polar surface area (TPSA) is 32.3 Å². The van der Waals surface area contributed by atoms with Gasteiger partial charge in [-0.3, -0.25) is 0 Å². The molecule has 0 radical (unpaired) electrons. The quantitative estimate of drug-likeness (QED) is 0.761. The van der Waals surface area contributed by atoms with Gasteiger partial charge in [0.15, 0.2) is 5.82 Å². The van der Waals surface area contributed by atoms with E-state index in [0.717, 1.165) is 25.3 Å². The first-order valence-corrected chi connectivity index (χ1v) is 5.43. The van der Waals surface area contributed by atoms with E-state index in [1.54, 1.807) is 12.5 Å². The van der Waals surface area contributed by atoms with Gasteiger partial charge in [0.1, 0.15) is 11.3 Å². The van der Waals surface area contributed by atoms with Crippen LogP contribution in [0.15, 0.2) is 12.5 Å². The molecule has 1 atom stereocenters. The molecule has 0 aromatic carbocycles. The third-order valence-electron chi connectivity index (χ3n) is 2.84. The standard InChI is InChI=1S/C10H15ClN4/c1-14(2)8-3-4-15(6-8)10-9(11)5-12-7-13-10/h5,7-8H,3-4,6H2,1-2H3. The molecule has 0 saturated carbocycles. The van der Waals surface area contributed by atoms with Crippen LogP contribution in [0.1, 0.15) is 6.42 Å². The summed E-state index contributed by atoms with van der Waals surface area (Å²) in [5.74, 6) is 0.857. The molecular weight excluding hydrogens is 212 g/mol. The van der Waals surface area contributed by atoms with Crippen LogP contribution in [0.25, 0.3) is 0 Å². The van der Waals surface area contributed by atoms with Crippen molar-refractivity contribution in [3.05, 3.63) is 17.5 Å². The van der Waals surface area contributed by atoms with Crippen molar-refractivity contribution in [3.8, 4) is 0 Å². The largest absolute Gasteiger partial charge is 0.354 e. The number of hydrogen-bond acceptors (Lipinski definition) is 4. The maximum absolute atomic E-state index is 6.05. The molecule has 1 fully saturated rings. The molecule has 2 heterocycles. The zero-order chi connectivity index (χ0) is 10.8. The zero-order valence-corrected chi connectivity index (χ0v) is 9.78. The summed E-state index contributed by atoms with van der Waals surface area (Å²) >= 11 is 6.05. The summed E-state index contributed by atoms with van der Waals surface area (Å²) in [4.78, 5) is 12.6. The van der Waals surface area contributed by atoms with Gasteiger partial charge in [-0.1, -0.05) is 11.6 Å². The summed E-state index contributed by atoms with van der Waals surface area (Å²) in [5.41, 5.74) is 0. The molecule has 1 unspecified atom stereocenters. The van der Waals surface area contributed by atoms with E-state index in [1.165, 1.54) is 0 Å². The van der Waals surface area contributed by atoms with Crippen LogP contribution in [0, 0.1) is 0 Å². The molecule has 1 aliphatic heterocycles. The van der Waals surface area contributed by atoms with E-state index < -0.39 is 0 Å². The Bertz CT molecular complexity index is 342. The van der Waals surface area contributed by atoms with Gasteiger partial charge in [0.05, 0.1) is 6.20 Å². The summed E-state index contributed by atoms with van der Waals surface area (Å²) in [6.45, 7) is 2.00. The minimum Gasteiger partial charge on any atom is -0.354 e. The highest BCUT2D eigenvalue weighted by Gasteiger charge is 2.25. The summed E-state index contributed by atoms with van der Waals surface area (Å²) in [6, 6.07) is 0.594. The maximum atomic E-state index is 6.05. The van der Waals surface area contributed by atoms with Crippen LogP contribution in [0.5, 0.6) is 0 Å². The Labute approximate surface area is 94.9 Å². The lowest BCUT2D eigenvalue weighted by atomic mass is 10.2. The van der Waals surface area contributed by atoms with E-state index in [0.29, 0.717) is 11.1 Å². The highest BCUT2D eigenvalue weighted by atomic mass is 35.5. The van der Waals surface area contributed by atoms with Crippen molar-refractivity contribution in [3.63, 3.8) is 0 Å². The first-order chi connectivity index (χ1) is 7.18. The van der Waals surface area contributed by atoms with E-state index in [1.807, 2.05) is 0 Å². The summed E-state index contributed by atoms with van der Waals surface area (Å²) < 4.78 is 0. The van der Waals surface area contributed by atoms with E-state index in [-0.39, 0.29) is 0 Å². The Morgan fingerprint density at radius 1 is 1.53 bits per heavy atom. The monoisotopic (exact) mass is 226 g/mol. The van der Waals surface area contributed by atoms with Crippen molar-refractivity contribution in [1.29, 1.82) is 0 Å². The highest BCUT2D eigenvalue weighted by molar-refractivity contribution is 6.32. The molecule has 0 amide bonds. The van der Waals surface area contributed by atoms with Crippen molar-refractivity contribution in [2.75, 3.05) is 32.1 Å². The number of nitrogens with zero attached hydrogens (tertiary/aromatic N) is 4. The molecule has 2 rings (SSSR count). The number of hydrogen-bond donors (Lipinski definition) is 0.